The van der Waals surface area contributed by atoms with Gasteiger partial charge in [-0.25, -0.2) is 4.79 Å². The molecule has 0 aromatic carbocycles. The van der Waals surface area contributed by atoms with Crippen LogP contribution in [-0.4, -0.2) is 13.1 Å². The molecule has 0 fully saturated rings. The molecule has 0 saturated carbocycles. The van der Waals surface area contributed by atoms with Crippen molar-refractivity contribution in [1.82, 2.24) is 0 Å². The Balaban J connectivity index is 2.96. The number of methoxy groups -OCH3 is 1. The quantitative estimate of drug-likeness (QED) is 0.609. The van der Waals surface area contributed by atoms with Gasteiger partial charge in [-0.2, -0.15) is 0 Å². The minimum absolute atomic E-state index is 0.322. The van der Waals surface area contributed by atoms with Gasteiger partial charge in [0.2, 0.25) is 0 Å². The number of thiophene rings is 1. The Kier molecular flexibility index (Phi) is 3.55. The Morgan fingerprint density at radius 3 is 2.92 bits per heavy atom. The molecule has 1 aromatic rings. The van der Waals surface area contributed by atoms with Crippen LogP contribution in [0.15, 0.2) is 9.85 Å². The summed E-state index contributed by atoms with van der Waals surface area (Å²) in [6.45, 7) is 0. The fraction of sp³-hybridized carbons (Fsp3) is 0.286. The zero-order valence-electron chi connectivity index (χ0n) is 6.27. The summed E-state index contributed by atoms with van der Waals surface area (Å²) in [7, 11) is 1.36. The molecule has 1 rings (SSSR count). The standard InChI is InChI=1S/C7H6BrClO2S/c1-11-7(10)5-2-4(3-9)6(8)12-5/h2H,3H2,1H3. The molecule has 1 aromatic heterocycles. The minimum atomic E-state index is -0.322. The molecule has 1 heterocycles. The van der Waals surface area contributed by atoms with Crippen molar-refractivity contribution in [1.29, 1.82) is 0 Å². The van der Waals surface area contributed by atoms with E-state index in [0.717, 1.165) is 9.35 Å². The Labute approximate surface area is 87.6 Å². The summed E-state index contributed by atoms with van der Waals surface area (Å²) >= 11 is 10.2. The minimum Gasteiger partial charge on any atom is -0.465 e. The number of rotatable bonds is 2. The Morgan fingerprint density at radius 1 is 1.83 bits per heavy atom. The number of carbonyl (C=O) groups excluding carboxylic acids is 1. The summed E-state index contributed by atoms with van der Waals surface area (Å²) in [5.41, 5.74) is 0.919. The third kappa shape index (κ3) is 2.00. The molecular formula is C7H6BrClO2S. The van der Waals surface area contributed by atoms with Crippen LogP contribution in [0.2, 0.25) is 0 Å². The van der Waals surface area contributed by atoms with Crippen molar-refractivity contribution in [2.24, 2.45) is 0 Å². The van der Waals surface area contributed by atoms with Crippen molar-refractivity contribution >= 4 is 44.8 Å². The zero-order valence-corrected chi connectivity index (χ0v) is 9.42. The smallest absolute Gasteiger partial charge is 0.348 e. The molecule has 0 spiro atoms. The lowest BCUT2D eigenvalue weighted by atomic mass is 10.3. The van der Waals surface area contributed by atoms with E-state index in [1.165, 1.54) is 18.4 Å². The topological polar surface area (TPSA) is 26.3 Å². The SMILES string of the molecule is COC(=O)c1cc(CCl)c(Br)s1. The Bertz CT molecular complexity index is 298. The van der Waals surface area contributed by atoms with Crippen molar-refractivity contribution in [3.8, 4) is 0 Å². The maximum Gasteiger partial charge on any atom is 0.348 e. The monoisotopic (exact) mass is 268 g/mol. The van der Waals surface area contributed by atoms with Crippen LogP contribution in [0.4, 0.5) is 0 Å². The van der Waals surface area contributed by atoms with Gasteiger partial charge in [0, 0.05) is 5.88 Å². The lowest BCUT2D eigenvalue weighted by Crippen LogP contribution is -1.96. The van der Waals surface area contributed by atoms with Crippen LogP contribution in [0.5, 0.6) is 0 Å². The lowest BCUT2D eigenvalue weighted by molar-refractivity contribution is 0.0606. The van der Waals surface area contributed by atoms with Crippen LogP contribution in [0, 0.1) is 0 Å². The van der Waals surface area contributed by atoms with E-state index in [2.05, 4.69) is 20.7 Å². The molecule has 0 atom stereocenters. The highest BCUT2D eigenvalue weighted by Gasteiger charge is 2.12. The summed E-state index contributed by atoms with van der Waals surface area (Å²) in [4.78, 5) is 11.6. The highest BCUT2D eigenvalue weighted by atomic mass is 79.9. The van der Waals surface area contributed by atoms with E-state index >= 15 is 0 Å². The highest BCUT2D eigenvalue weighted by molar-refractivity contribution is 9.11. The van der Waals surface area contributed by atoms with Crippen LogP contribution in [0.25, 0.3) is 0 Å². The van der Waals surface area contributed by atoms with E-state index in [1.54, 1.807) is 6.07 Å². The fourth-order valence-corrected chi connectivity index (χ4v) is 2.75. The molecule has 0 bridgehead atoms. The maximum absolute atomic E-state index is 11.0. The van der Waals surface area contributed by atoms with Crippen LogP contribution < -0.4 is 0 Å². The van der Waals surface area contributed by atoms with Gasteiger partial charge in [0.1, 0.15) is 4.88 Å². The molecule has 0 saturated heterocycles. The largest absolute Gasteiger partial charge is 0.465 e. The predicted molar refractivity (Wildman–Crippen MR) is 52.9 cm³/mol. The second-order valence-corrected chi connectivity index (χ2v) is 4.67. The first-order chi connectivity index (χ1) is 5.69. The molecule has 0 amide bonds. The van der Waals surface area contributed by atoms with Crippen molar-refractivity contribution in [3.05, 3.63) is 20.3 Å². The van der Waals surface area contributed by atoms with Gasteiger partial charge in [-0.3, -0.25) is 0 Å². The molecule has 2 nitrogen and oxygen atoms in total. The van der Waals surface area contributed by atoms with Crippen LogP contribution in [-0.2, 0) is 10.6 Å². The molecule has 66 valence electrons. The maximum atomic E-state index is 11.0. The van der Waals surface area contributed by atoms with E-state index < -0.39 is 0 Å². The summed E-state index contributed by atoms with van der Waals surface area (Å²) in [5.74, 6) is 0.0747. The first-order valence-electron chi connectivity index (χ1n) is 3.11. The summed E-state index contributed by atoms with van der Waals surface area (Å²) in [5, 5.41) is 0. The normalized spacial score (nSPS) is 9.92. The van der Waals surface area contributed by atoms with Gasteiger partial charge in [-0.15, -0.1) is 22.9 Å². The molecule has 0 radical (unpaired) electrons. The highest BCUT2D eigenvalue weighted by Crippen LogP contribution is 2.29. The summed E-state index contributed by atoms with van der Waals surface area (Å²) in [6, 6.07) is 1.73. The number of halogens is 2. The van der Waals surface area contributed by atoms with Crippen molar-refractivity contribution in [3.63, 3.8) is 0 Å². The van der Waals surface area contributed by atoms with E-state index in [1.807, 2.05) is 0 Å². The Morgan fingerprint density at radius 2 is 2.50 bits per heavy atom. The Hall–Kier alpha value is -0.0600. The summed E-state index contributed by atoms with van der Waals surface area (Å²) in [6.07, 6.45) is 0. The van der Waals surface area contributed by atoms with Crippen molar-refractivity contribution < 1.29 is 9.53 Å². The van der Waals surface area contributed by atoms with Crippen LogP contribution >= 0.6 is 38.9 Å². The second-order valence-electron chi connectivity index (χ2n) is 2.03. The molecule has 12 heavy (non-hydrogen) atoms. The third-order valence-corrected chi connectivity index (χ3v) is 3.52. The predicted octanol–water partition coefficient (Wildman–Crippen LogP) is 3.04. The molecular weight excluding hydrogens is 263 g/mol. The number of hydrogen-bond acceptors (Lipinski definition) is 3. The van der Waals surface area contributed by atoms with Crippen LogP contribution in [0.1, 0.15) is 15.2 Å². The van der Waals surface area contributed by atoms with Gasteiger partial charge in [0.15, 0.2) is 0 Å². The average molecular weight is 270 g/mol. The van der Waals surface area contributed by atoms with Crippen molar-refractivity contribution in [2.45, 2.75) is 5.88 Å². The first-order valence-corrected chi connectivity index (χ1v) is 5.26. The molecule has 0 unspecified atom stereocenters. The number of hydrogen-bond donors (Lipinski definition) is 0. The third-order valence-electron chi connectivity index (χ3n) is 1.29. The molecule has 5 heteroatoms. The average Bonchev–Trinajstić information content (AvgIpc) is 2.45. The lowest BCUT2D eigenvalue weighted by Gasteiger charge is -1.90. The van der Waals surface area contributed by atoms with E-state index in [0.29, 0.717) is 10.8 Å². The van der Waals surface area contributed by atoms with Crippen molar-refractivity contribution in [2.75, 3.05) is 7.11 Å². The number of carbonyl (C=O) groups is 1. The van der Waals surface area contributed by atoms with Gasteiger partial charge in [0.25, 0.3) is 0 Å². The second kappa shape index (κ2) is 4.25. The zero-order chi connectivity index (χ0) is 9.14. The van der Waals surface area contributed by atoms with Crippen LogP contribution in [0.3, 0.4) is 0 Å². The number of alkyl halides is 1. The molecule has 0 aliphatic rings. The van der Waals surface area contributed by atoms with Gasteiger partial charge >= 0.3 is 5.97 Å². The molecule has 0 aliphatic heterocycles. The van der Waals surface area contributed by atoms with Gasteiger partial charge in [0.05, 0.1) is 10.9 Å². The van der Waals surface area contributed by atoms with Gasteiger partial charge < -0.3 is 4.74 Å². The summed E-state index contributed by atoms with van der Waals surface area (Å²) < 4.78 is 5.44. The fourth-order valence-electron chi connectivity index (χ4n) is 0.699. The van der Waals surface area contributed by atoms with E-state index in [9.17, 15) is 4.79 Å². The first kappa shape index (κ1) is 10.0. The van der Waals surface area contributed by atoms with E-state index in [4.69, 9.17) is 11.6 Å². The van der Waals surface area contributed by atoms with Gasteiger partial charge in [-0.05, 0) is 27.6 Å². The molecule has 0 N–H and O–H groups in total. The molecule has 0 aliphatic carbocycles. The number of esters is 1. The number of ether oxygens (including phenoxy) is 1. The van der Waals surface area contributed by atoms with E-state index in [-0.39, 0.29) is 5.97 Å². The van der Waals surface area contributed by atoms with Gasteiger partial charge in [-0.1, -0.05) is 0 Å².